The molecule has 0 bridgehead atoms. The molecule has 0 aromatic heterocycles. The van der Waals surface area contributed by atoms with Crippen LogP contribution in [0.15, 0.2) is 54.6 Å². The Hall–Kier alpha value is -3.92. The van der Waals surface area contributed by atoms with Crippen molar-refractivity contribution in [2.75, 3.05) is 39.8 Å². The van der Waals surface area contributed by atoms with Crippen LogP contribution in [-0.2, 0) is 20.8 Å². The van der Waals surface area contributed by atoms with Gasteiger partial charge in [0, 0.05) is 19.6 Å². The van der Waals surface area contributed by atoms with Gasteiger partial charge in [-0.3, -0.25) is 19.2 Å². The second-order valence-electron chi connectivity index (χ2n) is 11.7. The van der Waals surface area contributed by atoms with Crippen LogP contribution in [-0.4, -0.2) is 91.4 Å². The second-order valence-corrected chi connectivity index (χ2v) is 11.7. The van der Waals surface area contributed by atoms with E-state index in [-0.39, 0.29) is 36.3 Å². The molecule has 3 atom stereocenters. The zero-order chi connectivity index (χ0) is 30.1. The van der Waals surface area contributed by atoms with E-state index in [2.05, 4.69) is 20.9 Å². The van der Waals surface area contributed by atoms with Crippen LogP contribution >= 0.6 is 0 Å². The Morgan fingerprint density at radius 3 is 2.43 bits per heavy atom. The van der Waals surface area contributed by atoms with Crippen molar-refractivity contribution < 1.29 is 23.9 Å². The minimum absolute atomic E-state index is 0.108. The summed E-state index contributed by atoms with van der Waals surface area (Å²) in [5, 5.41) is 8.75. The molecule has 0 radical (unpaired) electrons. The number of hydrogen-bond donors (Lipinski definition) is 3. The second kappa shape index (κ2) is 14.8. The fourth-order valence-corrected chi connectivity index (χ4v) is 5.39. The van der Waals surface area contributed by atoms with E-state index in [1.54, 1.807) is 29.2 Å². The molecule has 1 saturated heterocycles. The van der Waals surface area contributed by atoms with Crippen molar-refractivity contribution in [1.29, 1.82) is 0 Å². The number of hydrogen-bond acceptors (Lipinski definition) is 6. The van der Waals surface area contributed by atoms with E-state index >= 15 is 0 Å². The Balaban J connectivity index is 1.64. The van der Waals surface area contributed by atoms with Gasteiger partial charge in [0.05, 0.1) is 18.0 Å². The molecule has 0 unspecified atom stereocenters. The average molecular weight is 578 g/mol. The Kier molecular flexibility index (Phi) is 10.9. The average Bonchev–Trinajstić information content (AvgIpc) is 3.19. The Labute approximate surface area is 248 Å². The van der Waals surface area contributed by atoms with Crippen molar-refractivity contribution in [2.24, 2.45) is 5.92 Å². The molecule has 1 fully saturated rings. The summed E-state index contributed by atoms with van der Waals surface area (Å²) in [4.78, 5) is 58.1. The van der Waals surface area contributed by atoms with E-state index in [0.29, 0.717) is 38.2 Å². The highest BCUT2D eigenvalue weighted by Gasteiger charge is 2.32. The van der Waals surface area contributed by atoms with Crippen molar-refractivity contribution in [3.05, 3.63) is 65.7 Å². The van der Waals surface area contributed by atoms with Gasteiger partial charge in [-0.15, -0.1) is 0 Å². The summed E-state index contributed by atoms with van der Waals surface area (Å²) in [5.41, 5.74) is 1.27. The number of likely N-dealkylation sites (N-methyl/N-ethyl adjacent to an activating group) is 1. The first-order chi connectivity index (χ1) is 20.2. The van der Waals surface area contributed by atoms with E-state index in [0.717, 1.165) is 18.5 Å². The van der Waals surface area contributed by atoms with Crippen molar-refractivity contribution >= 4 is 23.6 Å². The maximum absolute atomic E-state index is 13.7. The van der Waals surface area contributed by atoms with Crippen LogP contribution in [0.1, 0.15) is 49.0 Å². The summed E-state index contributed by atoms with van der Waals surface area (Å²) < 4.78 is 6.15. The predicted octanol–water partition coefficient (Wildman–Crippen LogP) is 1.99. The topological polar surface area (TPSA) is 120 Å². The molecule has 42 heavy (non-hydrogen) atoms. The Morgan fingerprint density at radius 2 is 1.67 bits per heavy atom. The van der Waals surface area contributed by atoms with Gasteiger partial charge in [-0.2, -0.15) is 0 Å². The smallest absolute Gasteiger partial charge is 0.255 e. The van der Waals surface area contributed by atoms with Gasteiger partial charge in [0.15, 0.2) is 0 Å². The van der Waals surface area contributed by atoms with E-state index in [1.807, 2.05) is 51.2 Å². The molecule has 2 heterocycles. The first-order valence-electron chi connectivity index (χ1n) is 14.8. The van der Waals surface area contributed by atoms with Crippen molar-refractivity contribution in [3.63, 3.8) is 0 Å². The van der Waals surface area contributed by atoms with E-state index in [1.165, 1.54) is 0 Å². The van der Waals surface area contributed by atoms with Crippen LogP contribution in [0.2, 0.25) is 0 Å². The van der Waals surface area contributed by atoms with Crippen molar-refractivity contribution in [1.82, 2.24) is 25.8 Å². The third kappa shape index (κ3) is 8.79. The number of benzene rings is 2. The normalized spacial score (nSPS) is 23.0. The van der Waals surface area contributed by atoms with Crippen LogP contribution in [0.5, 0.6) is 5.75 Å². The summed E-state index contributed by atoms with van der Waals surface area (Å²) in [7, 11) is 2.01. The van der Waals surface area contributed by atoms with Crippen LogP contribution in [0.3, 0.4) is 0 Å². The quantitative estimate of drug-likeness (QED) is 0.500. The first kappa shape index (κ1) is 31.0. The minimum Gasteiger partial charge on any atom is -0.491 e. The molecule has 10 nitrogen and oxygen atoms in total. The maximum Gasteiger partial charge on any atom is 0.255 e. The van der Waals surface area contributed by atoms with Gasteiger partial charge in [0.25, 0.3) is 5.91 Å². The maximum atomic E-state index is 13.7. The van der Waals surface area contributed by atoms with Gasteiger partial charge >= 0.3 is 0 Å². The molecule has 2 aromatic rings. The van der Waals surface area contributed by atoms with Gasteiger partial charge in [-0.1, -0.05) is 56.3 Å². The monoisotopic (exact) mass is 577 g/mol. The molecular formula is C32H43N5O5. The summed E-state index contributed by atoms with van der Waals surface area (Å²) in [6.45, 7) is 6.68. The molecule has 0 aliphatic carbocycles. The van der Waals surface area contributed by atoms with E-state index in [9.17, 15) is 19.2 Å². The molecule has 2 aliphatic rings. The molecule has 2 aromatic carbocycles. The SMILES string of the molecule is CC(C)C[C@@H]1NC(=O)C[C@@H](C(=O)N2CCCN(C)CC2)NC(=O)c2ccccc2OC[C@@H](Cc2ccccc2)NC1=O. The molecule has 4 rings (SSSR count). The fraction of sp³-hybridized carbons (Fsp3) is 0.500. The van der Waals surface area contributed by atoms with E-state index < -0.39 is 29.9 Å². The lowest BCUT2D eigenvalue weighted by atomic mass is 10.0. The fourth-order valence-electron chi connectivity index (χ4n) is 5.39. The number of rotatable bonds is 5. The molecule has 4 amide bonds. The summed E-state index contributed by atoms with van der Waals surface area (Å²) >= 11 is 0. The number of carbonyl (C=O) groups is 4. The number of para-hydroxylation sites is 1. The van der Waals surface area contributed by atoms with Gasteiger partial charge in [0.2, 0.25) is 17.7 Å². The van der Waals surface area contributed by atoms with Crippen LogP contribution < -0.4 is 20.7 Å². The Bertz CT molecular complexity index is 1240. The molecule has 3 N–H and O–H groups in total. The third-order valence-electron chi connectivity index (χ3n) is 7.63. The summed E-state index contributed by atoms with van der Waals surface area (Å²) in [6.07, 6.45) is 1.44. The van der Waals surface area contributed by atoms with Gasteiger partial charge in [0.1, 0.15) is 24.4 Å². The summed E-state index contributed by atoms with van der Waals surface area (Å²) in [6, 6.07) is 14.3. The zero-order valence-electron chi connectivity index (χ0n) is 24.8. The lowest BCUT2D eigenvalue weighted by molar-refractivity contribution is -0.136. The highest BCUT2D eigenvalue weighted by molar-refractivity contribution is 6.01. The third-order valence-corrected chi connectivity index (χ3v) is 7.63. The number of ether oxygens (including phenoxy) is 1. The molecule has 10 heteroatoms. The lowest BCUT2D eigenvalue weighted by Gasteiger charge is -2.29. The number of fused-ring (bicyclic) bond motifs is 1. The van der Waals surface area contributed by atoms with Crippen LogP contribution in [0, 0.1) is 5.92 Å². The van der Waals surface area contributed by atoms with E-state index in [4.69, 9.17) is 4.74 Å². The Morgan fingerprint density at radius 1 is 0.929 bits per heavy atom. The standard InChI is InChI=1S/C32H43N5O5/c1-22(2)18-26-31(40)33-24(19-23-10-5-4-6-11-23)21-42-28-13-8-7-12-25(28)30(39)35-27(20-29(38)34-26)32(41)37-15-9-14-36(3)16-17-37/h4-8,10-13,22,24,26-27H,9,14-21H2,1-3H3,(H,33,40)(H,34,38)(H,35,39)/t24-,26+,27+/m1/s1. The number of carbonyl (C=O) groups excluding carboxylic acids is 4. The number of nitrogens with zero attached hydrogens (tertiary/aromatic N) is 2. The largest absolute Gasteiger partial charge is 0.491 e. The number of nitrogens with one attached hydrogen (secondary N) is 3. The number of amides is 4. The van der Waals surface area contributed by atoms with Crippen LogP contribution in [0.4, 0.5) is 0 Å². The van der Waals surface area contributed by atoms with Gasteiger partial charge < -0.3 is 30.5 Å². The van der Waals surface area contributed by atoms with Crippen molar-refractivity contribution in [3.8, 4) is 5.75 Å². The molecule has 226 valence electrons. The minimum atomic E-state index is -1.09. The van der Waals surface area contributed by atoms with Crippen LogP contribution in [0.25, 0.3) is 0 Å². The molecule has 2 aliphatic heterocycles. The summed E-state index contributed by atoms with van der Waals surface area (Å²) in [5.74, 6) is -1.13. The molecule has 0 saturated carbocycles. The van der Waals surface area contributed by atoms with Gasteiger partial charge in [-0.25, -0.2) is 0 Å². The first-order valence-corrected chi connectivity index (χ1v) is 14.8. The van der Waals surface area contributed by atoms with Gasteiger partial charge in [-0.05, 0) is 56.5 Å². The lowest BCUT2D eigenvalue weighted by Crippen LogP contribution is -2.55. The molecule has 0 spiro atoms. The zero-order valence-corrected chi connectivity index (χ0v) is 24.8. The predicted molar refractivity (Wildman–Crippen MR) is 160 cm³/mol. The highest BCUT2D eigenvalue weighted by Crippen LogP contribution is 2.20. The highest BCUT2D eigenvalue weighted by atomic mass is 16.5. The van der Waals surface area contributed by atoms with Crippen molar-refractivity contribution in [2.45, 2.75) is 57.7 Å². The molecular weight excluding hydrogens is 534 g/mol.